The monoisotopic (exact) mass is 304 g/mol. The summed E-state index contributed by atoms with van der Waals surface area (Å²) in [5, 5.41) is 3.99. The van der Waals surface area contributed by atoms with Gasteiger partial charge in [-0.3, -0.25) is 4.79 Å². The molecule has 21 heavy (non-hydrogen) atoms. The fourth-order valence-corrected chi connectivity index (χ4v) is 2.58. The summed E-state index contributed by atoms with van der Waals surface area (Å²) < 4.78 is 0. The summed E-state index contributed by atoms with van der Waals surface area (Å²) in [5.41, 5.74) is 6.47. The van der Waals surface area contributed by atoms with Crippen molar-refractivity contribution in [1.82, 2.24) is 29.9 Å². The average Bonchev–Trinajstić information content (AvgIpc) is 2.86. The minimum atomic E-state index is -0.313. The molecule has 0 aliphatic rings. The summed E-state index contributed by atoms with van der Waals surface area (Å²) in [6.07, 6.45) is 1.54. The van der Waals surface area contributed by atoms with Crippen LogP contribution >= 0.6 is 11.8 Å². The van der Waals surface area contributed by atoms with Crippen molar-refractivity contribution in [1.29, 1.82) is 0 Å². The highest BCUT2D eigenvalue weighted by Gasteiger charge is 2.12. The number of nitrogens with one attached hydrogen (secondary N) is 3. The summed E-state index contributed by atoms with van der Waals surface area (Å²) in [6.45, 7) is 2.63. The van der Waals surface area contributed by atoms with Gasteiger partial charge in [0, 0.05) is 12.6 Å². The molecule has 3 rings (SSSR count). The number of nitrogens with zero attached hydrogens (tertiary/aromatic N) is 4. The molecule has 0 saturated carbocycles. The first-order chi connectivity index (χ1) is 10.2. The molecule has 0 aliphatic carbocycles. The van der Waals surface area contributed by atoms with Gasteiger partial charge in [0.2, 0.25) is 5.95 Å². The van der Waals surface area contributed by atoms with Gasteiger partial charge < -0.3 is 21.0 Å². The van der Waals surface area contributed by atoms with Gasteiger partial charge in [-0.2, -0.15) is 4.98 Å². The molecular weight excluding hydrogens is 292 g/mol. The van der Waals surface area contributed by atoms with Crippen LogP contribution in [-0.2, 0) is 0 Å². The van der Waals surface area contributed by atoms with Crippen LogP contribution in [0.4, 0.5) is 11.8 Å². The van der Waals surface area contributed by atoms with Crippen LogP contribution in [0, 0.1) is 0 Å². The second-order valence-corrected chi connectivity index (χ2v) is 5.04. The summed E-state index contributed by atoms with van der Waals surface area (Å²) in [5.74, 6) is 0.619. The van der Waals surface area contributed by atoms with E-state index in [1.54, 1.807) is 0 Å². The summed E-state index contributed by atoms with van der Waals surface area (Å²) in [7, 11) is 0. The second kappa shape index (κ2) is 5.40. The molecule has 0 aliphatic heterocycles. The van der Waals surface area contributed by atoms with Gasteiger partial charge in [-0.25, -0.2) is 15.0 Å². The molecular formula is C11H12N8OS. The molecule has 0 fully saturated rings. The molecule has 10 heteroatoms. The number of aromatic amines is 2. The van der Waals surface area contributed by atoms with E-state index in [-0.39, 0.29) is 11.4 Å². The number of aromatic nitrogens is 6. The molecule has 5 N–H and O–H groups in total. The summed E-state index contributed by atoms with van der Waals surface area (Å²) >= 11 is 1.18. The molecule has 0 saturated heterocycles. The van der Waals surface area contributed by atoms with Crippen LogP contribution in [0.1, 0.15) is 6.92 Å². The van der Waals surface area contributed by atoms with Crippen molar-refractivity contribution in [2.75, 3.05) is 17.6 Å². The predicted octanol–water partition coefficient (Wildman–Crippen LogP) is 0.601. The van der Waals surface area contributed by atoms with Gasteiger partial charge in [0.05, 0.1) is 6.33 Å². The normalized spacial score (nSPS) is 10.9. The SMILES string of the molecule is CCNc1nc(Sc2nc(N)cc(=O)[nH]2)c2[nH]cnc2n1. The quantitative estimate of drug-likeness (QED) is 0.406. The third kappa shape index (κ3) is 2.79. The molecule has 0 atom stereocenters. The van der Waals surface area contributed by atoms with Gasteiger partial charge in [-0.05, 0) is 18.7 Å². The fourth-order valence-electron chi connectivity index (χ4n) is 1.71. The van der Waals surface area contributed by atoms with Crippen molar-refractivity contribution in [2.24, 2.45) is 0 Å². The van der Waals surface area contributed by atoms with Crippen molar-refractivity contribution in [3.8, 4) is 0 Å². The fraction of sp³-hybridized carbons (Fsp3) is 0.182. The predicted molar refractivity (Wildman–Crippen MR) is 79.2 cm³/mol. The van der Waals surface area contributed by atoms with E-state index in [0.29, 0.717) is 33.8 Å². The highest BCUT2D eigenvalue weighted by molar-refractivity contribution is 7.99. The third-order valence-corrected chi connectivity index (χ3v) is 3.40. The largest absolute Gasteiger partial charge is 0.383 e. The Morgan fingerprint density at radius 3 is 3.00 bits per heavy atom. The average molecular weight is 304 g/mol. The van der Waals surface area contributed by atoms with Crippen LogP contribution in [0.3, 0.4) is 0 Å². The smallest absolute Gasteiger partial charge is 0.253 e. The van der Waals surface area contributed by atoms with Crippen LogP contribution in [0.15, 0.2) is 27.4 Å². The Hall–Kier alpha value is -2.62. The number of imidazole rings is 1. The molecule has 0 amide bonds. The van der Waals surface area contributed by atoms with Gasteiger partial charge in [0.15, 0.2) is 10.8 Å². The molecule has 0 radical (unpaired) electrons. The Kier molecular flexibility index (Phi) is 3.44. The molecule has 0 bridgehead atoms. The minimum absolute atomic E-state index is 0.156. The van der Waals surface area contributed by atoms with E-state index in [9.17, 15) is 4.79 Å². The zero-order valence-corrected chi connectivity index (χ0v) is 11.9. The van der Waals surface area contributed by atoms with E-state index in [0.717, 1.165) is 0 Å². The maximum absolute atomic E-state index is 11.4. The van der Waals surface area contributed by atoms with Crippen molar-refractivity contribution < 1.29 is 0 Å². The van der Waals surface area contributed by atoms with Gasteiger partial charge in [0.1, 0.15) is 16.4 Å². The van der Waals surface area contributed by atoms with Crippen LogP contribution in [0.2, 0.25) is 0 Å². The number of fused-ring (bicyclic) bond motifs is 1. The minimum Gasteiger partial charge on any atom is -0.383 e. The van der Waals surface area contributed by atoms with E-state index in [1.807, 2.05) is 6.92 Å². The van der Waals surface area contributed by atoms with Crippen LogP contribution < -0.4 is 16.6 Å². The maximum Gasteiger partial charge on any atom is 0.253 e. The number of nitrogen functional groups attached to an aromatic ring is 1. The highest BCUT2D eigenvalue weighted by atomic mass is 32.2. The van der Waals surface area contributed by atoms with Crippen molar-refractivity contribution in [3.63, 3.8) is 0 Å². The third-order valence-electron chi connectivity index (χ3n) is 2.52. The number of anilines is 2. The summed E-state index contributed by atoms with van der Waals surface area (Å²) in [6, 6.07) is 1.22. The summed E-state index contributed by atoms with van der Waals surface area (Å²) in [4.78, 5) is 33.8. The lowest BCUT2D eigenvalue weighted by atomic mass is 10.5. The number of nitrogens with two attached hydrogens (primary N) is 1. The van der Waals surface area contributed by atoms with E-state index in [4.69, 9.17) is 5.73 Å². The molecule has 3 aromatic heterocycles. The van der Waals surface area contributed by atoms with Crippen molar-refractivity contribution in [3.05, 3.63) is 22.7 Å². The van der Waals surface area contributed by atoms with Gasteiger partial charge in [-0.15, -0.1) is 0 Å². The van der Waals surface area contributed by atoms with E-state index in [1.165, 1.54) is 24.2 Å². The Balaban J connectivity index is 2.06. The lowest BCUT2D eigenvalue weighted by molar-refractivity contribution is 0.939. The molecule has 0 spiro atoms. The number of H-pyrrole nitrogens is 2. The van der Waals surface area contributed by atoms with Crippen molar-refractivity contribution >= 4 is 34.7 Å². The van der Waals surface area contributed by atoms with E-state index < -0.39 is 0 Å². The Morgan fingerprint density at radius 2 is 2.24 bits per heavy atom. The topological polar surface area (TPSA) is 138 Å². The Labute approximate surface area is 122 Å². The first-order valence-electron chi connectivity index (χ1n) is 6.15. The molecule has 9 nitrogen and oxygen atoms in total. The van der Waals surface area contributed by atoms with E-state index in [2.05, 4.69) is 35.2 Å². The highest BCUT2D eigenvalue weighted by Crippen LogP contribution is 2.28. The van der Waals surface area contributed by atoms with E-state index >= 15 is 0 Å². The lowest BCUT2D eigenvalue weighted by Crippen LogP contribution is -2.09. The Bertz CT molecular complexity index is 842. The first kappa shape index (κ1) is 13.4. The standard InChI is InChI=1S/C11H12N8OS/c1-2-13-10-18-8-7(14-4-15-8)9(19-10)21-11-16-5(12)3-6(20)17-11/h3-4H,2H2,1H3,(H3,12,16,17,20)(H2,13,14,15,18,19). The molecule has 3 aromatic rings. The first-order valence-corrected chi connectivity index (χ1v) is 6.97. The lowest BCUT2D eigenvalue weighted by Gasteiger charge is -2.05. The van der Waals surface area contributed by atoms with Crippen molar-refractivity contribution in [2.45, 2.75) is 17.1 Å². The number of hydrogen-bond acceptors (Lipinski definition) is 8. The number of hydrogen-bond donors (Lipinski definition) is 4. The second-order valence-electron chi connectivity index (χ2n) is 4.06. The molecule has 0 aromatic carbocycles. The van der Waals surface area contributed by atoms with Gasteiger partial charge in [0.25, 0.3) is 5.56 Å². The Morgan fingerprint density at radius 1 is 1.38 bits per heavy atom. The van der Waals surface area contributed by atoms with Crippen LogP contribution in [0.5, 0.6) is 0 Å². The van der Waals surface area contributed by atoms with Crippen LogP contribution in [-0.4, -0.2) is 36.4 Å². The molecule has 0 unspecified atom stereocenters. The van der Waals surface area contributed by atoms with Gasteiger partial charge >= 0.3 is 0 Å². The zero-order valence-electron chi connectivity index (χ0n) is 11.0. The van der Waals surface area contributed by atoms with Crippen LogP contribution in [0.25, 0.3) is 11.2 Å². The maximum atomic E-state index is 11.4. The zero-order chi connectivity index (χ0) is 14.8. The van der Waals surface area contributed by atoms with Gasteiger partial charge in [-0.1, -0.05) is 0 Å². The number of rotatable bonds is 4. The molecule has 108 valence electrons. The molecule has 3 heterocycles.